The van der Waals surface area contributed by atoms with Crippen LogP contribution in [0, 0.1) is 0 Å². The van der Waals surface area contributed by atoms with Gasteiger partial charge in [0.25, 0.3) is 5.56 Å². The van der Waals surface area contributed by atoms with Gasteiger partial charge in [0, 0.05) is 31.6 Å². The lowest BCUT2D eigenvalue weighted by molar-refractivity contribution is 0.142. The third kappa shape index (κ3) is 4.42. The van der Waals surface area contributed by atoms with Crippen LogP contribution < -0.4 is 5.56 Å². The second-order valence-electron chi connectivity index (χ2n) is 6.83. The van der Waals surface area contributed by atoms with E-state index in [-0.39, 0.29) is 12.2 Å². The Balaban J connectivity index is 1.40. The Morgan fingerprint density at radius 1 is 0.931 bits per heavy atom. The zero-order valence-corrected chi connectivity index (χ0v) is 16.6. The molecule has 0 unspecified atom stereocenters. The number of aromatic nitrogens is 3. The molecule has 1 saturated heterocycles. The molecule has 3 aromatic rings. The minimum Gasteiger partial charge on any atom is -0.282 e. The molecule has 0 radical (unpaired) electrons. The topological polar surface area (TPSA) is 88.4 Å². The van der Waals surface area contributed by atoms with Crippen molar-refractivity contribution in [1.82, 2.24) is 24.2 Å². The highest BCUT2D eigenvalue weighted by atomic mass is 32.2. The summed E-state index contributed by atoms with van der Waals surface area (Å²) in [7, 11) is -3.49. The summed E-state index contributed by atoms with van der Waals surface area (Å²) in [5.74, 6) is 0. The van der Waals surface area contributed by atoms with Crippen molar-refractivity contribution in [3.8, 4) is 0 Å². The molecule has 1 aromatic heterocycles. The van der Waals surface area contributed by atoms with E-state index in [1.807, 2.05) is 41.3 Å². The summed E-state index contributed by atoms with van der Waals surface area (Å²) < 4.78 is 27.9. The lowest BCUT2D eigenvalue weighted by Crippen LogP contribution is -2.49. The molecule has 1 fully saturated rings. The molecule has 0 saturated carbocycles. The smallest absolute Gasteiger partial charge is 0.278 e. The third-order valence-corrected chi connectivity index (χ3v) is 6.45. The molecule has 0 atom stereocenters. The summed E-state index contributed by atoms with van der Waals surface area (Å²) >= 11 is 0. The molecule has 0 amide bonds. The first-order valence-electron chi connectivity index (χ1n) is 9.31. The molecule has 0 N–H and O–H groups in total. The molecular formula is C20H21N5O3S. The van der Waals surface area contributed by atoms with Crippen molar-refractivity contribution in [3.63, 3.8) is 0 Å². The number of nitrogens with zero attached hydrogens (tertiary/aromatic N) is 5. The molecule has 2 heterocycles. The van der Waals surface area contributed by atoms with E-state index in [0.717, 1.165) is 5.56 Å². The van der Waals surface area contributed by atoms with Crippen molar-refractivity contribution in [3.05, 3.63) is 75.9 Å². The van der Waals surface area contributed by atoms with Crippen LogP contribution in [0.25, 0.3) is 17.0 Å². The highest BCUT2D eigenvalue weighted by molar-refractivity contribution is 7.92. The fourth-order valence-corrected chi connectivity index (χ4v) is 4.42. The van der Waals surface area contributed by atoms with E-state index in [2.05, 4.69) is 10.3 Å². The van der Waals surface area contributed by atoms with Gasteiger partial charge in [-0.2, -0.15) is 8.99 Å². The normalized spacial score (nSPS) is 16.6. The molecule has 1 aliphatic heterocycles. The maximum atomic E-state index is 12.6. The largest absolute Gasteiger partial charge is 0.282 e. The number of rotatable bonds is 5. The average Bonchev–Trinajstić information content (AvgIpc) is 2.76. The van der Waals surface area contributed by atoms with Crippen LogP contribution in [0.4, 0.5) is 0 Å². The Labute approximate surface area is 168 Å². The number of benzene rings is 2. The van der Waals surface area contributed by atoms with Crippen molar-refractivity contribution in [2.75, 3.05) is 26.2 Å². The standard InChI is InChI=1S/C20H21N5O3S/c26-20-18-8-4-5-9-19(18)21-22-25(20)16-23-11-13-24(14-12-23)29(27,28)15-10-17-6-2-1-3-7-17/h1-10,15H,11-14,16H2/b15-10+. The van der Waals surface area contributed by atoms with E-state index in [4.69, 9.17) is 0 Å². The van der Waals surface area contributed by atoms with Crippen LogP contribution >= 0.6 is 0 Å². The molecule has 1 aliphatic rings. The van der Waals surface area contributed by atoms with E-state index < -0.39 is 10.0 Å². The van der Waals surface area contributed by atoms with Crippen molar-refractivity contribution in [1.29, 1.82) is 0 Å². The van der Waals surface area contributed by atoms with Gasteiger partial charge in [0.2, 0.25) is 10.0 Å². The predicted molar refractivity (Wildman–Crippen MR) is 111 cm³/mol. The number of hydrogen-bond donors (Lipinski definition) is 0. The van der Waals surface area contributed by atoms with Gasteiger partial charge in [0.05, 0.1) is 12.1 Å². The molecule has 8 nitrogen and oxygen atoms in total. The van der Waals surface area contributed by atoms with Gasteiger partial charge in [-0.1, -0.05) is 47.7 Å². The minimum absolute atomic E-state index is 0.198. The highest BCUT2D eigenvalue weighted by Crippen LogP contribution is 2.12. The maximum Gasteiger partial charge on any atom is 0.278 e. The molecule has 0 aliphatic carbocycles. The second-order valence-corrected chi connectivity index (χ2v) is 8.65. The summed E-state index contributed by atoms with van der Waals surface area (Å²) in [5, 5.41) is 9.86. The molecular weight excluding hydrogens is 390 g/mol. The number of piperazine rings is 1. The molecule has 2 aromatic carbocycles. The number of sulfonamides is 1. The SMILES string of the molecule is O=c1c2ccccc2nnn1CN1CCN(S(=O)(=O)/C=C/c2ccccc2)CC1. The average molecular weight is 411 g/mol. The van der Waals surface area contributed by atoms with Crippen LogP contribution in [0.1, 0.15) is 5.56 Å². The Kier molecular flexibility index (Phi) is 5.52. The van der Waals surface area contributed by atoms with E-state index in [0.29, 0.717) is 37.1 Å². The summed E-state index contributed by atoms with van der Waals surface area (Å²) in [6.45, 7) is 2.03. The first-order chi connectivity index (χ1) is 14.0. The fraction of sp³-hybridized carbons (Fsp3) is 0.250. The Morgan fingerprint density at radius 2 is 1.62 bits per heavy atom. The summed E-state index contributed by atoms with van der Waals surface area (Å²) in [4.78, 5) is 14.6. The summed E-state index contributed by atoms with van der Waals surface area (Å²) in [6, 6.07) is 16.4. The van der Waals surface area contributed by atoms with Gasteiger partial charge >= 0.3 is 0 Å². The molecule has 150 valence electrons. The van der Waals surface area contributed by atoms with Gasteiger partial charge in [-0.3, -0.25) is 9.69 Å². The van der Waals surface area contributed by atoms with Gasteiger partial charge in [0.1, 0.15) is 5.52 Å². The van der Waals surface area contributed by atoms with Crippen molar-refractivity contribution in [2.24, 2.45) is 0 Å². The molecule has 29 heavy (non-hydrogen) atoms. The molecule has 0 spiro atoms. The van der Waals surface area contributed by atoms with Gasteiger partial charge in [-0.25, -0.2) is 8.42 Å². The Morgan fingerprint density at radius 3 is 2.38 bits per heavy atom. The lowest BCUT2D eigenvalue weighted by Gasteiger charge is -2.33. The number of hydrogen-bond acceptors (Lipinski definition) is 6. The van der Waals surface area contributed by atoms with E-state index >= 15 is 0 Å². The Hall–Kier alpha value is -2.88. The fourth-order valence-electron chi connectivity index (χ4n) is 3.25. The van der Waals surface area contributed by atoms with Crippen LogP contribution in [-0.4, -0.2) is 58.8 Å². The van der Waals surface area contributed by atoms with E-state index in [9.17, 15) is 13.2 Å². The van der Waals surface area contributed by atoms with Crippen molar-refractivity contribution in [2.45, 2.75) is 6.67 Å². The summed E-state index contributed by atoms with van der Waals surface area (Å²) in [6.07, 6.45) is 1.60. The second kappa shape index (κ2) is 8.24. The number of fused-ring (bicyclic) bond motifs is 1. The van der Waals surface area contributed by atoms with Gasteiger partial charge < -0.3 is 0 Å². The third-order valence-electron chi connectivity index (χ3n) is 4.89. The first-order valence-corrected chi connectivity index (χ1v) is 10.8. The van der Waals surface area contributed by atoms with Gasteiger partial charge in [-0.05, 0) is 23.8 Å². The maximum absolute atomic E-state index is 12.6. The van der Waals surface area contributed by atoms with E-state index in [1.54, 1.807) is 24.3 Å². The molecule has 9 heteroatoms. The van der Waals surface area contributed by atoms with Crippen molar-refractivity contribution < 1.29 is 8.42 Å². The van der Waals surface area contributed by atoms with Crippen LogP contribution in [-0.2, 0) is 16.7 Å². The van der Waals surface area contributed by atoms with Crippen LogP contribution in [0.15, 0.2) is 64.8 Å². The zero-order valence-electron chi connectivity index (χ0n) is 15.8. The lowest BCUT2D eigenvalue weighted by atomic mass is 10.2. The zero-order chi connectivity index (χ0) is 20.3. The minimum atomic E-state index is -3.49. The summed E-state index contributed by atoms with van der Waals surface area (Å²) in [5.41, 5.74) is 1.20. The van der Waals surface area contributed by atoms with E-state index in [1.165, 1.54) is 14.4 Å². The molecule has 4 rings (SSSR count). The Bertz CT molecular complexity index is 1180. The van der Waals surface area contributed by atoms with Crippen molar-refractivity contribution >= 4 is 27.0 Å². The van der Waals surface area contributed by atoms with Crippen LogP contribution in [0.3, 0.4) is 0 Å². The van der Waals surface area contributed by atoms with Crippen LogP contribution in [0.2, 0.25) is 0 Å². The van der Waals surface area contributed by atoms with Gasteiger partial charge in [0.15, 0.2) is 0 Å². The monoisotopic (exact) mass is 411 g/mol. The van der Waals surface area contributed by atoms with Crippen LogP contribution in [0.5, 0.6) is 0 Å². The first kappa shape index (κ1) is 19.4. The predicted octanol–water partition coefficient (Wildman–Crippen LogP) is 1.37. The quantitative estimate of drug-likeness (QED) is 0.630. The van der Waals surface area contributed by atoms with Gasteiger partial charge in [-0.15, -0.1) is 5.10 Å². The molecule has 0 bridgehead atoms. The highest BCUT2D eigenvalue weighted by Gasteiger charge is 2.25.